The Balaban J connectivity index is 1.84. The predicted octanol–water partition coefficient (Wildman–Crippen LogP) is 3.44. The number of hydrogen-bond acceptors (Lipinski definition) is 5. The lowest BCUT2D eigenvalue weighted by atomic mass is 10.1. The van der Waals surface area contributed by atoms with E-state index < -0.39 is 0 Å². The Morgan fingerprint density at radius 1 is 1.08 bits per heavy atom. The number of aromatic nitrogens is 2. The smallest absolute Gasteiger partial charge is 0.158 e. The first kappa shape index (κ1) is 14.0. The second-order valence-electron chi connectivity index (χ2n) is 6.87. The molecule has 1 saturated carbocycles. The number of fused-ring (bicyclic) bond motifs is 5. The summed E-state index contributed by atoms with van der Waals surface area (Å²) in [7, 11) is 0. The number of nitrogens with zero attached hydrogens (tertiary/aromatic N) is 5. The largest absolute Gasteiger partial charge is 0.318 e. The average molecular weight is 319 g/mol. The third-order valence-corrected chi connectivity index (χ3v) is 5.26. The van der Waals surface area contributed by atoms with Crippen LogP contribution in [0.25, 0.3) is 0 Å². The van der Waals surface area contributed by atoms with Crippen molar-refractivity contribution < 1.29 is 0 Å². The van der Waals surface area contributed by atoms with Crippen molar-refractivity contribution in [1.29, 1.82) is 0 Å². The fraction of sp³-hybridized carbons (Fsp3) is 0.421. The summed E-state index contributed by atoms with van der Waals surface area (Å²) in [6.45, 7) is 5.26. The molecule has 2 aliphatic heterocycles. The maximum Gasteiger partial charge on any atom is 0.158 e. The lowest BCUT2D eigenvalue weighted by molar-refractivity contribution is 0.683. The standard InChI is InChI=1S/C19H21N5/c1-3-13-11-22-18-15-5-4-9-20-17(15)24(14-6-7-14)19-16(23(13)18)12(2)8-10-21-19/h4-5,8-10,13-14H,3,6-7,11H2,1-2H3. The van der Waals surface area contributed by atoms with E-state index in [2.05, 4.69) is 35.8 Å². The molecule has 0 saturated heterocycles. The molecule has 122 valence electrons. The van der Waals surface area contributed by atoms with E-state index in [0.29, 0.717) is 12.1 Å². The van der Waals surface area contributed by atoms with Crippen LogP contribution in [0.15, 0.2) is 35.6 Å². The van der Waals surface area contributed by atoms with E-state index in [-0.39, 0.29) is 0 Å². The molecule has 5 heteroatoms. The van der Waals surface area contributed by atoms with Crippen molar-refractivity contribution in [3.8, 4) is 0 Å². The normalized spacial score (nSPS) is 21.8. The number of aryl methyl sites for hydroxylation is 1. The summed E-state index contributed by atoms with van der Waals surface area (Å²) in [6, 6.07) is 7.18. The van der Waals surface area contributed by atoms with Crippen LogP contribution in [0.2, 0.25) is 0 Å². The maximum atomic E-state index is 4.91. The second kappa shape index (κ2) is 5.03. The van der Waals surface area contributed by atoms with Crippen molar-refractivity contribution >= 4 is 23.2 Å². The van der Waals surface area contributed by atoms with E-state index >= 15 is 0 Å². The molecule has 5 rings (SSSR count). The zero-order valence-corrected chi connectivity index (χ0v) is 14.1. The van der Waals surface area contributed by atoms with Crippen LogP contribution >= 0.6 is 0 Å². The van der Waals surface area contributed by atoms with Crippen molar-refractivity contribution in [2.45, 2.75) is 45.2 Å². The minimum absolute atomic E-state index is 0.397. The van der Waals surface area contributed by atoms with Gasteiger partial charge >= 0.3 is 0 Å². The highest BCUT2D eigenvalue weighted by Gasteiger charge is 2.42. The summed E-state index contributed by atoms with van der Waals surface area (Å²) in [5.74, 6) is 3.12. The molecule has 2 aromatic rings. The highest BCUT2D eigenvalue weighted by molar-refractivity contribution is 6.17. The monoisotopic (exact) mass is 319 g/mol. The van der Waals surface area contributed by atoms with E-state index in [9.17, 15) is 0 Å². The topological polar surface area (TPSA) is 44.6 Å². The molecule has 0 amide bonds. The molecule has 1 atom stereocenters. The van der Waals surface area contributed by atoms with Crippen LogP contribution in [0, 0.1) is 6.92 Å². The number of rotatable bonds is 2. The van der Waals surface area contributed by atoms with Crippen molar-refractivity contribution in [2.24, 2.45) is 4.99 Å². The Kier molecular flexibility index (Phi) is 2.93. The van der Waals surface area contributed by atoms with Gasteiger partial charge in [0.05, 0.1) is 23.8 Å². The Hall–Kier alpha value is -2.43. The van der Waals surface area contributed by atoms with Crippen molar-refractivity contribution in [1.82, 2.24) is 9.97 Å². The Morgan fingerprint density at radius 2 is 1.92 bits per heavy atom. The molecule has 2 aromatic heterocycles. The van der Waals surface area contributed by atoms with E-state index in [0.717, 1.165) is 36.0 Å². The Bertz CT molecular complexity index is 839. The van der Waals surface area contributed by atoms with Gasteiger partial charge in [0.2, 0.25) is 0 Å². The molecule has 0 spiro atoms. The van der Waals surface area contributed by atoms with Gasteiger partial charge in [0.1, 0.15) is 11.7 Å². The lowest BCUT2D eigenvalue weighted by Gasteiger charge is -2.29. The molecule has 5 nitrogen and oxygen atoms in total. The third kappa shape index (κ3) is 1.84. The molecule has 1 aliphatic carbocycles. The molecule has 1 fully saturated rings. The summed E-state index contributed by atoms with van der Waals surface area (Å²) >= 11 is 0. The summed E-state index contributed by atoms with van der Waals surface area (Å²) in [5, 5.41) is 0. The third-order valence-electron chi connectivity index (χ3n) is 5.26. The minimum Gasteiger partial charge on any atom is -0.318 e. The zero-order valence-electron chi connectivity index (χ0n) is 14.1. The van der Waals surface area contributed by atoms with Crippen LogP contribution in [-0.4, -0.2) is 34.4 Å². The average Bonchev–Trinajstić information content (AvgIpc) is 3.36. The van der Waals surface area contributed by atoms with Gasteiger partial charge in [-0.05, 0) is 49.9 Å². The fourth-order valence-corrected chi connectivity index (χ4v) is 3.89. The molecule has 4 heterocycles. The molecular formula is C19H21N5. The quantitative estimate of drug-likeness (QED) is 0.850. The van der Waals surface area contributed by atoms with Crippen LogP contribution in [0.1, 0.15) is 37.3 Å². The number of aliphatic imine (C=N–C) groups is 1. The van der Waals surface area contributed by atoms with Gasteiger partial charge in [0.25, 0.3) is 0 Å². The molecule has 24 heavy (non-hydrogen) atoms. The van der Waals surface area contributed by atoms with Crippen molar-refractivity contribution in [3.63, 3.8) is 0 Å². The number of pyridine rings is 2. The van der Waals surface area contributed by atoms with E-state index in [1.807, 2.05) is 18.5 Å². The molecule has 0 bridgehead atoms. The first-order chi connectivity index (χ1) is 11.8. The molecule has 3 aliphatic rings. The fourth-order valence-electron chi connectivity index (χ4n) is 3.89. The first-order valence-corrected chi connectivity index (χ1v) is 8.83. The van der Waals surface area contributed by atoms with E-state index in [1.165, 1.54) is 24.1 Å². The molecular weight excluding hydrogens is 298 g/mol. The molecule has 0 radical (unpaired) electrons. The molecule has 0 N–H and O–H groups in total. The van der Waals surface area contributed by atoms with Crippen molar-refractivity contribution in [3.05, 3.63) is 41.7 Å². The second-order valence-corrected chi connectivity index (χ2v) is 6.87. The van der Waals surface area contributed by atoms with Crippen LogP contribution in [0.5, 0.6) is 0 Å². The van der Waals surface area contributed by atoms with Gasteiger partial charge in [-0.15, -0.1) is 0 Å². The number of amidine groups is 1. The Morgan fingerprint density at radius 3 is 2.71 bits per heavy atom. The van der Waals surface area contributed by atoms with E-state index in [4.69, 9.17) is 15.0 Å². The molecule has 0 aromatic carbocycles. The highest BCUT2D eigenvalue weighted by atomic mass is 15.4. The van der Waals surface area contributed by atoms with Gasteiger partial charge in [0, 0.05) is 18.4 Å². The van der Waals surface area contributed by atoms with Crippen molar-refractivity contribution in [2.75, 3.05) is 16.3 Å². The van der Waals surface area contributed by atoms with Gasteiger partial charge in [-0.25, -0.2) is 9.97 Å². The first-order valence-electron chi connectivity index (χ1n) is 8.83. The minimum atomic E-state index is 0.397. The van der Waals surface area contributed by atoms with Gasteiger partial charge in [0.15, 0.2) is 5.82 Å². The summed E-state index contributed by atoms with van der Waals surface area (Å²) in [4.78, 5) is 19.2. The van der Waals surface area contributed by atoms with Gasteiger partial charge < -0.3 is 9.80 Å². The van der Waals surface area contributed by atoms with Gasteiger partial charge in [-0.2, -0.15) is 0 Å². The van der Waals surface area contributed by atoms with E-state index in [1.54, 1.807) is 0 Å². The van der Waals surface area contributed by atoms with Gasteiger partial charge in [-0.1, -0.05) is 6.92 Å². The zero-order chi connectivity index (χ0) is 16.3. The number of hydrogen-bond donors (Lipinski definition) is 0. The maximum absolute atomic E-state index is 4.91. The lowest BCUT2D eigenvalue weighted by Crippen LogP contribution is -2.37. The highest BCUT2D eigenvalue weighted by Crippen LogP contribution is 2.47. The van der Waals surface area contributed by atoms with Crippen LogP contribution in [-0.2, 0) is 0 Å². The molecule has 1 unspecified atom stereocenters. The van der Waals surface area contributed by atoms with Gasteiger partial charge in [-0.3, -0.25) is 4.99 Å². The Labute approximate surface area is 142 Å². The predicted molar refractivity (Wildman–Crippen MR) is 96.3 cm³/mol. The van der Waals surface area contributed by atoms with Crippen LogP contribution in [0.3, 0.4) is 0 Å². The summed E-state index contributed by atoms with van der Waals surface area (Å²) < 4.78 is 0. The summed E-state index contributed by atoms with van der Waals surface area (Å²) in [6.07, 6.45) is 7.28. The van der Waals surface area contributed by atoms with Crippen LogP contribution < -0.4 is 9.80 Å². The number of anilines is 3. The summed E-state index contributed by atoms with van der Waals surface area (Å²) in [5.41, 5.74) is 3.61. The van der Waals surface area contributed by atoms with Crippen LogP contribution in [0.4, 0.5) is 17.3 Å². The SMILES string of the molecule is CCC1CN=C2c3cccnc3N(C3CC3)c3nccc(C)c3N21.